The smallest absolute Gasteiger partial charge is 0.220 e. The maximum Gasteiger partial charge on any atom is 0.220 e. The van der Waals surface area contributed by atoms with Gasteiger partial charge in [-0.2, -0.15) is 0 Å². The van der Waals surface area contributed by atoms with Gasteiger partial charge in [-0.1, -0.05) is 35.7 Å². The normalized spacial score (nSPS) is 21.4. The summed E-state index contributed by atoms with van der Waals surface area (Å²) in [5, 5.41) is 4.09. The van der Waals surface area contributed by atoms with E-state index in [4.69, 9.17) is 23.2 Å². The van der Waals surface area contributed by atoms with Crippen LogP contribution in [0.4, 0.5) is 0 Å². The monoisotopic (exact) mass is 257 g/mol. The van der Waals surface area contributed by atoms with E-state index in [1.165, 1.54) is 0 Å². The molecule has 1 aromatic carbocycles. The molecule has 16 heavy (non-hydrogen) atoms. The molecular formula is C12H13Cl2NO. The minimum absolute atomic E-state index is 0.0739. The summed E-state index contributed by atoms with van der Waals surface area (Å²) in [6.45, 7) is 0. The van der Waals surface area contributed by atoms with E-state index < -0.39 is 0 Å². The summed E-state index contributed by atoms with van der Waals surface area (Å²) in [5.41, 5.74) is 1.03. The first-order chi connectivity index (χ1) is 7.66. The number of carbonyl (C=O) groups is 1. The lowest BCUT2D eigenvalue weighted by molar-refractivity contribution is -0.121. The van der Waals surface area contributed by atoms with Crippen LogP contribution in [0, 0.1) is 0 Å². The second-order valence-corrected chi connectivity index (χ2v) is 4.85. The van der Waals surface area contributed by atoms with E-state index in [2.05, 4.69) is 5.32 Å². The van der Waals surface area contributed by atoms with Crippen LogP contribution in [-0.4, -0.2) is 5.91 Å². The van der Waals surface area contributed by atoms with Crippen molar-refractivity contribution in [3.8, 4) is 0 Å². The van der Waals surface area contributed by atoms with Crippen molar-refractivity contribution in [1.29, 1.82) is 0 Å². The van der Waals surface area contributed by atoms with E-state index in [-0.39, 0.29) is 11.9 Å². The largest absolute Gasteiger partial charge is 0.349 e. The summed E-state index contributed by atoms with van der Waals surface area (Å²) in [7, 11) is 0. The molecule has 0 spiro atoms. The fourth-order valence-corrected chi connectivity index (χ4v) is 2.26. The Morgan fingerprint density at radius 2 is 2.00 bits per heavy atom. The number of nitrogens with one attached hydrogen (secondary N) is 1. The van der Waals surface area contributed by atoms with Crippen molar-refractivity contribution >= 4 is 29.1 Å². The van der Waals surface area contributed by atoms with Gasteiger partial charge in [-0.15, -0.1) is 0 Å². The third-order valence-electron chi connectivity index (χ3n) is 2.83. The highest BCUT2D eigenvalue weighted by Gasteiger charge is 2.18. The lowest BCUT2D eigenvalue weighted by Crippen LogP contribution is -2.25. The molecule has 2 rings (SSSR count). The molecule has 1 atom stereocenters. The maximum atomic E-state index is 11.4. The Hall–Kier alpha value is -0.730. The van der Waals surface area contributed by atoms with Crippen LogP contribution in [0.2, 0.25) is 10.0 Å². The molecule has 1 saturated heterocycles. The first kappa shape index (κ1) is 11.7. The number of carbonyl (C=O) groups excluding carboxylic acids is 1. The number of hydrogen-bond acceptors (Lipinski definition) is 1. The Balaban J connectivity index is 2.21. The minimum atomic E-state index is 0.0739. The zero-order valence-electron chi connectivity index (χ0n) is 8.80. The van der Waals surface area contributed by atoms with Gasteiger partial charge in [0.15, 0.2) is 0 Å². The lowest BCUT2D eigenvalue weighted by atomic mass is 10.0. The second-order valence-electron chi connectivity index (χ2n) is 4.04. The molecular weight excluding hydrogens is 245 g/mol. The minimum Gasteiger partial charge on any atom is -0.349 e. The van der Waals surface area contributed by atoms with Crippen molar-refractivity contribution in [3.05, 3.63) is 33.8 Å². The van der Waals surface area contributed by atoms with Gasteiger partial charge in [-0.3, -0.25) is 4.79 Å². The van der Waals surface area contributed by atoms with Crippen molar-refractivity contribution in [1.82, 2.24) is 5.32 Å². The highest BCUT2D eigenvalue weighted by molar-refractivity contribution is 6.42. The predicted octanol–water partition coefficient (Wildman–Crippen LogP) is 3.72. The molecule has 0 aliphatic carbocycles. The van der Waals surface area contributed by atoms with E-state index >= 15 is 0 Å². The lowest BCUT2D eigenvalue weighted by Gasteiger charge is -2.16. The van der Waals surface area contributed by atoms with E-state index in [1.807, 2.05) is 12.1 Å². The molecule has 1 amide bonds. The van der Waals surface area contributed by atoms with Crippen LogP contribution >= 0.6 is 23.2 Å². The highest BCUT2D eigenvalue weighted by atomic mass is 35.5. The van der Waals surface area contributed by atoms with Crippen LogP contribution < -0.4 is 5.32 Å². The van der Waals surface area contributed by atoms with Crippen LogP contribution in [0.3, 0.4) is 0 Å². The molecule has 0 aromatic heterocycles. The average Bonchev–Trinajstić information content (AvgIpc) is 2.47. The summed E-state index contributed by atoms with van der Waals surface area (Å²) < 4.78 is 0. The first-order valence-corrected chi connectivity index (χ1v) is 6.17. The molecule has 1 unspecified atom stereocenters. The van der Waals surface area contributed by atoms with E-state index in [0.717, 1.165) is 24.8 Å². The Bertz CT molecular complexity index is 406. The molecule has 1 aliphatic heterocycles. The van der Waals surface area contributed by atoms with Gasteiger partial charge >= 0.3 is 0 Å². The van der Waals surface area contributed by atoms with Crippen LogP contribution in [0.1, 0.15) is 37.3 Å². The maximum absolute atomic E-state index is 11.4. The molecule has 0 bridgehead atoms. The number of halogens is 2. The van der Waals surface area contributed by atoms with Crippen LogP contribution in [-0.2, 0) is 4.79 Å². The molecule has 1 heterocycles. The second kappa shape index (κ2) is 5.07. The number of rotatable bonds is 1. The average molecular weight is 258 g/mol. The van der Waals surface area contributed by atoms with Gasteiger partial charge in [0.05, 0.1) is 16.1 Å². The van der Waals surface area contributed by atoms with Crippen molar-refractivity contribution in [2.75, 3.05) is 0 Å². The summed E-state index contributed by atoms with van der Waals surface area (Å²) in [6, 6.07) is 5.60. The topological polar surface area (TPSA) is 29.1 Å². The molecule has 4 heteroatoms. The van der Waals surface area contributed by atoms with Gasteiger partial charge in [0.1, 0.15) is 0 Å². The third-order valence-corrected chi connectivity index (χ3v) is 3.57. The zero-order chi connectivity index (χ0) is 11.5. The van der Waals surface area contributed by atoms with E-state index in [1.54, 1.807) is 6.07 Å². The van der Waals surface area contributed by atoms with Gasteiger partial charge in [-0.05, 0) is 30.5 Å². The van der Waals surface area contributed by atoms with Crippen molar-refractivity contribution in [3.63, 3.8) is 0 Å². The fourth-order valence-electron chi connectivity index (χ4n) is 1.95. The number of hydrogen-bond donors (Lipinski definition) is 1. The van der Waals surface area contributed by atoms with Gasteiger partial charge in [0.25, 0.3) is 0 Å². The van der Waals surface area contributed by atoms with Crippen LogP contribution in [0.25, 0.3) is 0 Å². The molecule has 0 saturated carbocycles. The van der Waals surface area contributed by atoms with Crippen LogP contribution in [0.15, 0.2) is 18.2 Å². The summed E-state index contributed by atoms with van der Waals surface area (Å²) >= 11 is 11.8. The van der Waals surface area contributed by atoms with Gasteiger partial charge in [-0.25, -0.2) is 0 Å². The van der Waals surface area contributed by atoms with Gasteiger partial charge < -0.3 is 5.32 Å². The summed E-state index contributed by atoms with van der Waals surface area (Å²) in [4.78, 5) is 11.4. The Kier molecular flexibility index (Phi) is 3.72. The van der Waals surface area contributed by atoms with Crippen molar-refractivity contribution < 1.29 is 4.79 Å². The van der Waals surface area contributed by atoms with Gasteiger partial charge in [0, 0.05) is 6.42 Å². The molecule has 1 aromatic rings. The molecule has 2 nitrogen and oxygen atoms in total. The fraction of sp³-hybridized carbons (Fsp3) is 0.417. The molecule has 1 aliphatic rings. The zero-order valence-corrected chi connectivity index (χ0v) is 10.3. The Labute approximate surface area is 105 Å². The number of amides is 1. The molecule has 0 radical (unpaired) electrons. The quantitative estimate of drug-likeness (QED) is 0.817. The highest BCUT2D eigenvalue weighted by Crippen LogP contribution is 2.29. The summed E-state index contributed by atoms with van der Waals surface area (Å²) in [5.74, 6) is 0.119. The summed E-state index contributed by atoms with van der Waals surface area (Å²) in [6.07, 6.45) is 3.61. The van der Waals surface area contributed by atoms with Crippen molar-refractivity contribution in [2.45, 2.75) is 31.7 Å². The van der Waals surface area contributed by atoms with E-state index in [0.29, 0.717) is 16.5 Å². The predicted molar refractivity (Wildman–Crippen MR) is 65.8 cm³/mol. The standard InChI is InChI=1S/C12H13Cl2NO/c13-9-6-5-8(7-10(9)14)11-3-1-2-4-12(16)15-11/h5-7,11H,1-4H2,(H,15,16). The third kappa shape index (κ3) is 2.69. The SMILES string of the molecule is O=C1CCCCC(c2ccc(Cl)c(Cl)c2)N1. The molecule has 1 N–H and O–H groups in total. The van der Waals surface area contributed by atoms with Gasteiger partial charge in [0.2, 0.25) is 5.91 Å². The van der Waals surface area contributed by atoms with E-state index in [9.17, 15) is 4.79 Å². The van der Waals surface area contributed by atoms with Crippen molar-refractivity contribution in [2.24, 2.45) is 0 Å². The van der Waals surface area contributed by atoms with Crippen LogP contribution in [0.5, 0.6) is 0 Å². The Morgan fingerprint density at radius 1 is 1.19 bits per heavy atom. The molecule has 86 valence electrons. The Morgan fingerprint density at radius 3 is 2.75 bits per heavy atom. The first-order valence-electron chi connectivity index (χ1n) is 5.41. The number of benzene rings is 1. The molecule has 1 fully saturated rings.